The van der Waals surface area contributed by atoms with Crippen molar-refractivity contribution in [3.05, 3.63) is 61.7 Å². The normalized spacial score (nSPS) is 10.0. The van der Waals surface area contributed by atoms with E-state index in [0.29, 0.717) is 11.3 Å². The summed E-state index contributed by atoms with van der Waals surface area (Å²) < 4.78 is 6.02. The Labute approximate surface area is 134 Å². The zero-order valence-corrected chi connectivity index (χ0v) is 13.2. The summed E-state index contributed by atoms with van der Waals surface area (Å²) in [7, 11) is 1.39. The van der Waals surface area contributed by atoms with E-state index in [2.05, 4.69) is 27.9 Å². The van der Waals surface area contributed by atoms with Crippen LogP contribution in [0.15, 0.2) is 42.5 Å². The van der Waals surface area contributed by atoms with Crippen LogP contribution >= 0.6 is 22.6 Å². The van der Waals surface area contributed by atoms with Crippen LogP contribution in [-0.4, -0.2) is 17.9 Å². The summed E-state index contributed by atoms with van der Waals surface area (Å²) in [6.45, 7) is 0. The fourth-order valence-electron chi connectivity index (χ4n) is 1.72. The number of hydrogen-bond acceptors (Lipinski definition) is 4. The van der Waals surface area contributed by atoms with Gasteiger partial charge in [0, 0.05) is 15.2 Å². The van der Waals surface area contributed by atoms with Crippen LogP contribution in [0.3, 0.4) is 0 Å². The van der Waals surface area contributed by atoms with E-state index in [4.69, 9.17) is 4.74 Å². The van der Waals surface area contributed by atoms with E-state index >= 15 is 0 Å². The predicted molar refractivity (Wildman–Crippen MR) is 86.8 cm³/mol. The number of nitrogens with one attached hydrogen (secondary N) is 1. The molecule has 0 aliphatic rings. The number of carbonyl (C=O) groups is 1. The summed E-state index contributed by atoms with van der Waals surface area (Å²) in [5, 5.41) is 13.4. The van der Waals surface area contributed by atoms with Crippen LogP contribution < -0.4 is 10.1 Å². The monoisotopic (exact) mass is 398 g/mol. The van der Waals surface area contributed by atoms with Gasteiger partial charge in [0.2, 0.25) is 0 Å². The van der Waals surface area contributed by atoms with Crippen LogP contribution in [0.25, 0.3) is 0 Å². The minimum absolute atomic E-state index is 0.0980. The molecule has 0 saturated carbocycles. The fourth-order valence-corrected chi connectivity index (χ4v) is 2.26. The van der Waals surface area contributed by atoms with Crippen LogP contribution in [0.1, 0.15) is 10.4 Å². The SMILES string of the molecule is COc1cc([N+](=O)[O-])ccc1NC(=O)c1cccc(I)c1. The second-order valence-corrected chi connectivity index (χ2v) is 5.35. The molecular weight excluding hydrogens is 387 g/mol. The number of ether oxygens (including phenoxy) is 1. The van der Waals surface area contributed by atoms with Crippen molar-refractivity contribution >= 4 is 39.9 Å². The first kappa shape index (κ1) is 15.2. The molecule has 0 unspecified atom stereocenters. The van der Waals surface area contributed by atoms with Gasteiger partial charge in [-0.1, -0.05) is 6.07 Å². The molecule has 0 bridgehead atoms. The third-order valence-corrected chi connectivity index (χ3v) is 3.40. The number of hydrogen-bond donors (Lipinski definition) is 1. The Morgan fingerprint density at radius 1 is 1.29 bits per heavy atom. The first-order chi connectivity index (χ1) is 10.0. The maximum atomic E-state index is 12.1. The van der Waals surface area contributed by atoms with Crippen LogP contribution in [0.5, 0.6) is 5.75 Å². The molecule has 2 aromatic carbocycles. The number of rotatable bonds is 4. The summed E-state index contributed by atoms with van der Waals surface area (Å²) in [6.07, 6.45) is 0. The molecule has 1 N–H and O–H groups in total. The van der Waals surface area contributed by atoms with E-state index in [0.717, 1.165) is 3.57 Å². The topological polar surface area (TPSA) is 81.5 Å². The molecule has 1 amide bonds. The van der Waals surface area contributed by atoms with Gasteiger partial charge in [-0.05, 0) is 46.9 Å². The minimum atomic E-state index is -0.520. The Bertz CT molecular complexity index is 703. The molecule has 2 aromatic rings. The second-order valence-electron chi connectivity index (χ2n) is 4.11. The average molecular weight is 398 g/mol. The molecule has 0 radical (unpaired) electrons. The largest absolute Gasteiger partial charge is 0.494 e. The quantitative estimate of drug-likeness (QED) is 0.486. The van der Waals surface area contributed by atoms with Gasteiger partial charge in [0.15, 0.2) is 0 Å². The van der Waals surface area contributed by atoms with E-state index in [-0.39, 0.29) is 17.3 Å². The van der Waals surface area contributed by atoms with Crippen molar-refractivity contribution in [3.8, 4) is 5.75 Å². The summed E-state index contributed by atoms with van der Waals surface area (Å²) >= 11 is 2.12. The van der Waals surface area contributed by atoms with E-state index in [1.807, 2.05) is 6.07 Å². The lowest BCUT2D eigenvalue weighted by atomic mass is 10.2. The van der Waals surface area contributed by atoms with Gasteiger partial charge in [-0.15, -0.1) is 0 Å². The van der Waals surface area contributed by atoms with E-state index < -0.39 is 4.92 Å². The van der Waals surface area contributed by atoms with Crippen molar-refractivity contribution in [2.24, 2.45) is 0 Å². The molecule has 0 spiro atoms. The third-order valence-electron chi connectivity index (χ3n) is 2.73. The number of nitro benzene ring substituents is 1. The Balaban J connectivity index is 2.27. The average Bonchev–Trinajstić information content (AvgIpc) is 2.47. The number of methoxy groups -OCH3 is 1. The van der Waals surface area contributed by atoms with Crippen molar-refractivity contribution in [2.75, 3.05) is 12.4 Å². The smallest absolute Gasteiger partial charge is 0.273 e. The zero-order chi connectivity index (χ0) is 15.4. The van der Waals surface area contributed by atoms with Crippen LogP contribution in [0, 0.1) is 13.7 Å². The van der Waals surface area contributed by atoms with Crippen LogP contribution in [-0.2, 0) is 0 Å². The third kappa shape index (κ3) is 3.69. The van der Waals surface area contributed by atoms with E-state index in [9.17, 15) is 14.9 Å². The molecule has 0 heterocycles. The van der Waals surface area contributed by atoms with E-state index in [1.54, 1.807) is 18.2 Å². The number of nitro groups is 1. The first-order valence-corrected chi connectivity index (χ1v) is 6.98. The highest BCUT2D eigenvalue weighted by atomic mass is 127. The molecular formula is C14H11IN2O4. The van der Waals surface area contributed by atoms with Crippen molar-refractivity contribution < 1.29 is 14.5 Å². The number of amides is 1. The Morgan fingerprint density at radius 2 is 2.05 bits per heavy atom. The highest BCUT2D eigenvalue weighted by Gasteiger charge is 2.14. The van der Waals surface area contributed by atoms with Gasteiger partial charge in [-0.3, -0.25) is 14.9 Å². The highest BCUT2D eigenvalue weighted by molar-refractivity contribution is 14.1. The summed E-state index contributed by atoms with van der Waals surface area (Å²) in [6, 6.07) is 11.1. The minimum Gasteiger partial charge on any atom is -0.494 e. The van der Waals surface area contributed by atoms with Gasteiger partial charge in [0.25, 0.3) is 11.6 Å². The van der Waals surface area contributed by atoms with Gasteiger partial charge in [-0.25, -0.2) is 0 Å². The Kier molecular flexibility index (Phi) is 4.73. The Morgan fingerprint density at radius 3 is 2.67 bits per heavy atom. The molecule has 0 fully saturated rings. The van der Waals surface area contributed by atoms with Crippen molar-refractivity contribution in [1.29, 1.82) is 0 Å². The van der Waals surface area contributed by atoms with Crippen molar-refractivity contribution in [2.45, 2.75) is 0 Å². The molecule has 6 nitrogen and oxygen atoms in total. The van der Waals surface area contributed by atoms with Gasteiger partial charge >= 0.3 is 0 Å². The lowest BCUT2D eigenvalue weighted by Gasteiger charge is -2.10. The molecule has 0 saturated heterocycles. The van der Waals surface area contributed by atoms with Gasteiger partial charge in [0.05, 0.1) is 23.8 Å². The predicted octanol–water partition coefficient (Wildman–Crippen LogP) is 3.46. The maximum Gasteiger partial charge on any atom is 0.273 e. The molecule has 0 aliphatic heterocycles. The molecule has 7 heteroatoms. The number of halogens is 1. The van der Waals surface area contributed by atoms with Gasteiger partial charge < -0.3 is 10.1 Å². The number of nitrogens with zero attached hydrogens (tertiary/aromatic N) is 1. The van der Waals surface area contributed by atoms with Crippen LogP contribution in [0.4, 0.5) is 11.4 Å². The Hall–Kier alpha value is -2.16. The van der Waals surface area contributed by atoms with Gasteiger partial charge in [-0.2, -0.15) is 0 Å². The lowest BCUT2D eigenvalue weighted by molar-refractivity contribution is -0.384. The summed E-state index contributed by atoms with van der Waals surface area (Å²) in [5.41, 5.74) is 0.786. The standard InChI is InChI=1S/C14H11IN2O4/c1-21-13-8-11(17(19)20)5-6-12(13)16-14(18)9-3-2-4-10(15)7-9/h2-8H,1H3,(H,16,18). The van der Waals surface area contributed by atoms with E-state index in [1.165, 1.54) is 25.3 Å². The number of benzene rings is 2. The van der Waals surface area contributed by atoms with Crippen molar-refractivity contribution in [3.63, 3.8) is 0 Å². The summed E-state index contributed by atoms with van der Waals surface area (Å²) in [5.74, 6) is -0.0659. The van der Waals surface area contributed by atoms with Gasteiger partial charge in [0.1, 0.15) is 5.75 Å². The zero-order valence-electron chi connectivity index (χ0n) is 11.0. The second kappa shape index (κ2) is 6.53. The molecule has 0 aromatic heterocycles. The highest BCUT2D eigenvalue weighted by Crippen LogP contribution is 2.29. The first-order valence-electron chi connectivity index (χ1n) is 5.90. The number of anilines is 1. The molecule has 2 rings (SSSR count). The molecule has 21 heavy (non-hydrogen) atoms. The summed E-state index contributed by atoms with van der Waals surface area (Å²) in [4.78, 5) is 22.4. The maximum absolute atomic E-state index is 12.1. The molecule has 108 valence electrons. The molecule has 0 atom stereocenters. The lowest BCUT2D eigenvalue weighted by Crippen LogP contribution is -2.12. The molecule has 0 aliphatic carbocycles. The van der Waals surface area contributed by atoms with Crippen molar-refractivity contribution in [1.82, 2.24) is 0 Å². The number of non-ortho nitro benzene ring substituents is 1. The number of carbonyl (C=O) groups excluding carboxylic acids is 1. The van der Waals surface area contributed by atoms with Crippen LogP contribution in [0.2, 0.25) is 0 Å². The fraction of sp³-hybridized carbons (Fsp3) is 0.0714.